The lowest BCUT2D eigenvalue weighted by atomic mass is 9.89. The highest BCUT2D eigenvalue weighted by Crippen LogP contribution is 2.29. The van der Waals surface area contributed by atoms with Gasteiger partial charge in [-0.1, -0.05) is 12.8 Å². The number of nitrogens with one attached hydrogen (secondary N) is 1. The lowest BCUT2D eigenvalue weighted by Gasteiger charge is -2.44. The molecule has 2 aliphatic heterocycles. The molecular weight excluding hydrogens is 509 g/mol. The van der Waals surface area contributed by atoms with E-state index in [1.165, 1.54) is 4.90 Å². The molecule has 6 N–H and O–H groups in total. The van der Waals surface area contributed by atoms with Crippen LogP contribution in [0.25, 0.3) is 0 Å². The Bertz CT molecular complexity index is 740. The van der Waals surface area contributed by atoms with Crippen LogP contribution in [0, 0.1) is 5.92 Å². The number of alkyl halides is 2. The molecule has 12 heteroatoms. The van der Waals surface area contributed by atoms with Gasteiger partial charge >= 0.3 is 6.09 Å². The van der Waals surface area contributed by atoms with Gasteiger partial charge in [-0.3, -0.25) is 14.1 Å². The average Bonchev–Trinajstić information content (AvgIpc) is 3.03. The fraction of sp³-hybridized carbons (Fsp3) is 0.920. The van der Waals surface area contributed by atoms with Gasteiger partial charge in [-0.15, -0.1) is 11.6 Å². The minimum absolute atomic E-state index is 0.113. The van der Waals surface area contributed by atoms with Gasteiger partial charge in [0.1, 0.15) is 36.1 Å². The van der Waals surface area contributed by atoms with E-state index in [0.29, 0.717) is 32.2 Å². The number of likely N-dealkylation sites (tertiary alicyclic amines) is 1. The van der Waals surface area contributed by atoms with Gasteiger partial charge < -0.3 is 35.8 Å². The summed E-state index contributed by atoms with van der Waals surface area (Å²) in [7, 11) is 0. The van der Waals surface area contributed by atoms with Crippen LogP contribution < -0.4 is 11.1 Å². The lowest BCUT2D eigenvalue weighted by Crippen LogP contribution is -2.67. The SMILES string of the molecule is C[C@H](Cl)[C@@H](NC(=O)[C@@H]1CC[C@H](CCCCF)CCN1C(=O)OC(C)(C)C)[C@H]1OC(CN)[C@H](O)C(O)C1O. The van der Waals surface area contributed by atoms with E-state index in [-0.39, 0.29) is 19.1 Å². The van der Waals surface area contributed by atoms with E-state index in [9.17, 15) is 29.3 Å². The first-order chi connectivity index (χ1) is 17.3. The van der Waals surface area contributed by atoms with Crippen molar-refractivity contribution < 1.29 is 38.8 Å². The van der Waals surface area contributed by atoms with Crippen LogP contribution in [0.15, 0.2) is 0 Å². The summed E-state index contributed by atoms with van der Waals surface area (Å²) in [6.45, 7) is 6.67. The van der Waals surface area contributed by atoms with E-state index < -0.39 is 65.6 Å². The van der Waals surface area contributed by atoms with Crippen LogP contribution in [0.4, 0.5) is 9.18 Å². The Morgan fingerprint density at radius 2 is 1.84 bits per heavy atom. The van der Waals surface area contributed by atoms with Crippen molar-refractivity contribution in [3.63, 3.8) is 0 Å². The van der Waals surface area contributed by atoms with Crippen LogP contribution >= 0.6 is 11.6 Å². The van der Waals surface area contributed by atoms with Crippen molar-refractivity contribution >= 4 is 23.6 Å². The molecule has 9 atom stereocenters. The van der Waals surface area contributed by atoms with E-state index >= 15 is 0 Å². The van der Waals surface area contributed by atoms with Crippen molar-refractivity contribution in [3.05, 3.63) is 0 Å². The topological polar surface area (TPSA) is 155 Å². The smallest absolute Gasteiger partial charge is 0.410 e. The molecule has 0 spiro atoms. The molecule has 0 aliphatic carbocycles. The number of ether oxygens (including phenoxy) is 2. The Labute approximate surface area is 224 Å². The van der Waals surface area contributed by atoms with Gasteiger partial charge in [-0.25, -0.2) is 4.79 Å². The molecule has 2 aliphatic rings. The molecule has 0 aromatic carbocycles. The quantitative estimate of drug-likeness (QED) is 0.212. The van der Waals surface area contributed by atoms with Gasteiger partial charge in [0, 0.05) is 13.1 Å². The Morgan fingerprint density at radius 1 is 1.16 bits per heavy atom. The Balaban J connectivity index is 2.24. The van der Waals surface area contributed by atoms with Gasteiger partial charge in [-0.2, -0.15) is 0 Å². The number of hydrogen-bond donors (Lipinski definition) is 5. The standard InChI is InChI=1S/C25H45ClFN3O7/c1-14(26)18(22-21(33)20(32)19(31)17(13-28)36-22)29-23(34)16-9-8-15(7-5-6-11-27)10-12-30(16)24(35)37-25(2,3)4/h14-22,31-33H,5-13,28H2,1-4H3,(H,29,34)/t14-,15-,16-,17?,18+,19-,20?,21?,22+/m0/s1. The second kappa shape index (κ2) is 14.2. The maximum atomic E-state index is 13.6. The van der Waals surface area contributed by atoms with Crippen molar-refractivity contribution in [2.24, 2.45) is 11.7 Å². The van der Waals surface area contributed by atoms with Gasteiger partial charge in [0.2, 0.25) is 5.91 Å². The first-order valence-corrected chi connectivity index (χ1v) is 13.6. The van der Waals surface area contributed by atoms with Crippen LogP contribution in [-0.4, -0.2) is 106 Å². The molecule has 0 radical (unpaired) electrons. The summed E-state index contributed by atoms with van der Waals surface area (Å²) in [6.07, 6.45) is -3.42. The number of amides is 2. The van der Waals surface area contributed by atoms with Crippen molar-refractivity contribution in [3.8, 4) is 0 Å². The highest BCUT2D eigenvalue weighted by molar-refractivity contribution is 6.21. The monoisotopic (exact) mass is 553 g/mol. The molecule has 3 unspecified atom stereocenters. The highest BCUT2D eigenvalue weighted by Gasteiger charge is 2.48. The number of carbonyl (C=O) groups excluding carboxylic acids is 2. The molecule has 2 saturated heterocycles. The Kier molecular flexibility index (Phi) is 12.3. The number of carbonyl (C=O) groups is 2. The van der Waals surface area contributed by atoms with Gasteiger partial charge in [0.05, 0.1) is 24.2 Å². The predicted octanol–water partition coefficient (Wildman–Crippen LogP) is 1.45. The average molecular weight is 554 g/mol. The van der Waals surface area contributed by atoms with E-state index in [2.05, 4.69) is 5.32 Å². The van der Waals surface area contributed by atoms with Crippen LogP contribution in [0.3, 0.4) is 0 Å². The fourth-order valence-corrected chi connectivity index (χ4v) is 5.20. The molecule has 2 heterocycles. The number of nitrogens with two attached hydrogens (primary N) is 1. The third-order valence-electron chi connectivity index (χ3n) is 7.07. The molecular formula is C25H45ClFN3O7. The highest BCUT2D eigenvalue weighted by atomic mass is 35.5. The summed E-state index contributed by atoms with van der Waals surface area (Å²) >= 11 is 6.40. The van der Waals surface area contributed by atoms with Crippen molar-refractivity contribution in [2.45, 2.75) is 120 Å². The number of aliphatic hydroxyl groups excluding tert-OH is 3. The van der Waals surface area contributed by atoms with E-state index in [1.54, 1.807) is 27.7 Å². The molecule has 2 rings (SSSR count). The van der Waals surface area contributed by atoms with Crippen LogP contribution in [0.1, 0.15) is 66.2 Å². The van der Waals surface area contributed by atoms with E-state index in [0.717, 1.165) is 12.8 Å². The fourth-order valence-electron chi connectivity index (χ4n) is 4.99. The van der Waals surface area contributed by atoms with Crippen LogP contribution in [0.2, 0.25) is 0 Å². The van der Waals surface area contributed by atoms with Crippen molar-refractivity contribution in [2.75, 3.05) is 19.8 Å². The zero-order chi connectivity index (χ0) is 27.9. The number of aliphatic hydroxyl groups is 3. The molecule has 0 saturated carbocycles. The van der Waals surface area contributed by atoms with E-state index in [4.69, 9.17) is 26.8 Å². The maximum Gasteiger partial charge on any atom is 0.410 e. The van der Waals surface area contributed by atoms with Gasteiger partial charge in [0.15, 0.2) is 0 Å². The van der Waals surface area contributed by atoms with Crippen molar-refractivity contribution in [1.82, 2.24) is 10.2 Å². The zero-order valence-electron chi connectivity index (χ0n) is 22.3. The largest absolute Gasteiger partial charge is 0.444 e. The van der Waals surface area contributed by atoms with Gasteiger partial charge in [0.25, 0.3) is 0 Å². The number of rotatable bonds is 9. The second-order valence-corrected chi connectivity index (χ2v) is 11.9. The predicted molar refractivity (Wildman–Crippen MR) is 137 cm³/mol. The van der Waals surface area contributed by atoms with Crippen LogP contribution in [0.5, 0.6) is 0 Å². The van der Waals surface area contributed by atoms with Gasteiger partial charge in [-0.05, 0) is 59.3 Å². The molecule has 2 amide bonds. The van der Waals surface area contributed by atoms with E-state index in [1.807, 2.05) is 0 Å². The minimum atomic E-state index is -1.54. The normalized spacial score (nSPS) is 32.8. The summed E-state index contributed by atoms with van der Waals surface area (Å²) < 4.78 is 23.9. The summed E-state index contributed by atoms with van der Waals surface area (Å²) in [5, 5.41) is 33.2. The summed E-state index contributed by atoms with van der Waals surface area (Å²) in [4.78, 5) is 28.1. The van der Waals surface area contributed by atoms with Crippen LogP contribution in [-0.2, 0) is 14.3 Å². The summed E-state index contributed by atoms with van der Waals surface area (Å²) in [6, 6.07) is -1.81. The summed E-state index contributed by atoms with van der Waals surface area (Å²) in [5.74, 6) is -0.254. The molecule has 0 aromatic rings. The number of unbranched alkanes of at least 4 members (excludes halogenated alkanes) is 1. The first kappa shape index (κ1) is 32.0. The minimum Gasteiger partial charge on any atom is -0.444 e. The molecule has 10 nitrogen and oxygen atoms in total. The zero-order valence-corrected chi connectivity index (χ0v) is 23.1. The third kappa shape index (κ3) is 8.90. The number of hydrogen-bond acceptors (Lipinski definition) is 8. The molecule has 2 fully saturated rings. The number of halogens is 2. The lowest BCUT2D eigenvalue weighted by molar-refractivity contribution is -0.225. The maximum absolute atomic E-state index is 13.6. The Hall–Kier alpha value is -1.24. The van der Waals surface area contributed by atoms with Crippen molar-refractivity contribution in [1.29, 1.82) is 0 Å². The second-order valence-electron chi connectivity index (χ2n) is 11.2. The Morgan fingerprint density at radius 3 is 2.41 bits per heavy atom. The molecule has 216 valence electrons. The molecule has 0 aromatic heterocycles. The molecule has 37 heavy (non-hydrogen) atoms. The number of nitrogens with zero attached hydrogens (tertiary/aromatic N) is 1. The third-order valence-corrected chi connectivity index (χ3v) is 7.34. The summed E-state index contributed by atoms with van der Waals surface area (Å²) in [5.41, 5.74) is 4.90. The first-order valence-electron chi connectivity index (χ1n) is 13.2. The molecule has 0 bridgehead atoms.